The highest BCUT2D eigenvalue weighted by Gasteiger charge is 1.84. The molecule has 0 aliphatic rings. The minimum atomic E-state index is 0.643. The smallest absolute Gasteiger partial charge is 0.0743 e. The molecule has 0 heterocycles. The van der Waals surface area contributed by atoms with Gasteiger partial charge in [0.25, 0.3) is 0 Å². The van der Waals surface area contributed by atoms with Crippen molar-refractivity contribution in [2.24, 2.45) is 4.99 Å². The van der Waals surface area contributed by atoms with Gasteiger partial charge in [-0.15, -0.1) is 0 Å². The summed E-state index contributed by atoms with van der Waals surface area (Å²) in [5.41, 5.74) is 3.90. The van der Waals surface area contributed by atoms with Crippen LogP contribution in [0.1, 0.15) is 16.7 Å². The summed E-state index contributed by atoms with van der Waals surface area (Å²) in [5, 5.41) is 2.32. The van der Waals surface area contributed by atoms with E-state index in [0.29, 0.717) is 6.54 Å². The normalized spacial score (nSPS) is 8.78. The van der Waals surface area contributed by atoms with Gasteiger partial charge in [-0.05, 0) is 42.8 Å². The molecule has 0 N–H and O–H groups in total. The van der Waals surface area contributed by atoms with Crippen LogP contribution in [0.4, 0.5) is 0 Å². The van der Waals surface area contributed by atoms with E-state index < -0.39 is 0 Å². The topological polar surface area (TPSA) is 12.4 Å². The average molecular weight is 255 g/mol. The number of isothiocyanates is 1. The lowest BCUT2D eigenvalue weighted by Crippen LogP contribution is -1.76. The number of hydrogen-bond donors (Lipinski definition) is 0. The molecule has 2 aromatic rings. The fourth-order valence-electron chi connectivity index (χ4n) is 1.37. The van der Waals surface area contributed by atoms with Crippen molar-refractivity contribution in [3.8, 4) is 0 Å². The van der Waals surface area contributed by atoms with Crippen LogP contribution in [0.5, 0.6) is 0 Å². The van der Waals surface area contributed by atoms with Crippen molar-refractivity contribution < 1.29 is 0 Å². The summed E-state index contributed by atoms with van der Waals surface area (Å²) in [5.74, 6) is 0. The third-order valence-electron chi connectivity index (χ3n) is 2.59. The van der Waals surface area contributed by atoms with Crippen molar-refractivity contribution in [1.29, 1.82) is 0 Å². The highest BCUT2D eigenvalue weighted by atomic mass is 32.1. The first-order chi connectivity index (χ1) is 8.74. The van der Waals surface area contributed by atoms with Gasteiger partial charge in [0, 0.05) is 0 Å². The van der Waals surface area contributed by atoms with Crippen LogP contribution in [0, 0.1) is 13.8 Å². The molecule has 0 unspecified atom stereocenters. The van der Waals surface area contributed by atoms with Crippen LogP contribution in [0.3, 0.4) is 0 Å². The number of hydrogen-bond acceptors (Lipinski definition) is 2. The molecule has 1 nitrogen and oxygen atoms in total. The first-order valence-electron chi connectivity index (χ1n) is 5.84. The molecule has 18 heavy (non-hydrogen) atoms. The van der Waals surface area contributed by atoms with Gasteiger partial charge in [0.15, 0.2) is 0 Å². The molecular weight excluding hydrogens is 238 g/mol. The minimum Gasteiger partial charge on any atom is -0.228 e. The molecule has 0 aromatic heterocycles. The number of aryl methyl sites for hydroxylation is 2. The van der Waals surface area contributed by atoms with Gasteiger partial charge >= 0.3 is 0 Å². The number of rotatable bonds is 2. The van der Waals surface area contributed by atoms with Gasteiger partial charge in [-0.2, -0.15) is 0 Å². The van der Waals surface area contributed by atoms with Crippen molar-refractivity contribution in [2.75, 3.05) is 0 Å². The minimum absolute atomic E-state index is 0.643. The zero-order chi connectivity index (χ0) is 13.2. The first kappa shape index (κ1) is 14.3. The average Bonchev–Trinajstić information content (AvgIpc) is 2.42. The van der Waals surface area contributed by atoms with E-state index in [1.54, 1.807) is 0 Å². The Hall–Kier alpha value is -1.76. The Morgan fingerprint density at radius 2 is 1.39 bits per heavy atom. The lowest BCUT2D eigenvalue weighted by molar-refractivity contribution is 1.08. The quantitative estimate of drug-likeness (QED) is 0.564. The van der Waals surface area contributed by atoms with Gasteiger partial charge in [-0.3, -0.25) is 0 Å². The molecule has 0 saturated heterocycles. The lowest BCUT2D eigenvalue weighted by atomic mass is 10.1. The molecule has 0 radical (unpaired) electrons. The Kier molecular flexibility index (Phi) is 6.63. The summed E-state index contributed by atoms with van der Waals surface area (Å²) in [6.07, 6.45) is 0. The van der Waals surface area contributed by atoms with Crippen molar-refractivity contribution in [3.05, 3.63) is 71.3 Å². The van der Waals surface area contributed by atoms with E-state index in [0.717, 1.165) is 0 Å². The predicted molar refractivity (Wildman–Crippen MR) is 81.1 cm³/mol. The number of nitrogens with zero attached hydrogens (tertiary/aromatic N) is 1. The Bertz CT molecular complexity index is 493. The Balaban J connectivity index is 0.000000184. The van der Waals surface area contributed by atoms with E-state index >= 15 is 0 Å². The van der Waals surface area contributed by atoms with Crippen LogP contribution in [-0.4, -0.2) is 5.16 Å². The molecule has 2 aromatic carbocycles. The summed E-state index contributed by atoms with van der Waals surface area (Å²) in [6.45, 7) is 4.88. The van der Waals surface area contributed by atoms with Gasteiger partial charge in [0.1, 0.15) is 0 Å². The van der Waals surface area contributed by atoms with Gasteiger partial charge in [-0.25, -0.2) is 4.99 Å². The summed E-state index contributed by atoms with van der Waals surface area (Å²) < 4.78 is 0. The molecule has 2 heteroatoms. The molecule has 2 rings (SSSR count). The molecule has 0 atom stereocenters. The van der Waals surface area contributed by atoms with Crippen LogP contribution in [0.15, 0.2) is 59.6 Å². The Labute approximate surface area is 114 Å². The maximum absolute atomic E-state index is 4.43. The second-order valence-electron chi connectivity index (χ2n) is 3.98. The van der Waals surface area contributed by atoms with Gasteiger partial charge in [-0.1, -0.05) is 54.6 Å². The molecule has 92 valence electrons. The number of aliphatic imine (C=N–C) groups is 1. The molecule has 0 saturated carbocycles. The molecular formula is C16H17NS. The zero-order valence-corrected chi connectivity index (χ0v) is 11.6. The molecule has 0 spiro atoms. The predicted octanol–water partition coefficient (Wildman–Crippen LogP) is 4.59. The van der Waals surface area contributed by atoms with E-state index in [-0.39, 0.29) is 0 Å². The highest BCUT2D eigenvalue weighted by Crippen LogP contribution is 2.02. The zero-order valence-electron chi connectivity index (χ0n) is 10.8. The van der Waals surface area contributed by atoms with Crippen molar-refractivity contribution in [2.45, 2.75) is 20.4 Å². The third-order valence-corrected chi connectivity index (χ3v) is 2.72. The van der Waals surface area contributed by atoms with Crippen LogP contribution in [0.25, 0.3) is 0 Å². The largest absolute Gasteiger partial charge is 0.228 e. The maximum Gasteiger partial charge on any atom is 0.0743 e. The lowest BCUT2D eigenvalue weighted by Gasteiger charge is -1.93. The highest BCUT2D eigenvalue weighted by molar-refractivity contribution is 7.78. The number of benzene rings is 2. The second kappa shape index (κ2) is 8.35. The monoisotopic (exact) mass is 255 g/mol. The Morgan fingerprint density at radius 1 is 0.889 bits per heavy atom. The van der Waals surface area contributed by atoms with Gasteiger partial charge in [0.05, 0.1) is 11.7 Å². The molecule has 0 aliphatic heterocycles. The van der Waals surface area contributed by atoms with Crippen molar-refractivity contribution in [1.82, 2.24) is 0 Å². The van der Waals surface area contributed by atoms with Crippen molar-refractivity contribution >= 4 is 17.4 Å². The van der Waals surface area contributed by atoms with Gasteiger partial charge in [0.2, 0.25) is 0 Å². The van der Waals surface area contributed by atoms with Crippen LogP contribution < -0.4 is 0 Å². The van der Waals surface area contributed by atoms with Crippen LogP contribution in [0.2, 0.25) is 0 Å². The van der Waals surface area contributed by atoms with Crippen molar-refractivity contribution in [3.63, 3.8) is 0 Å². The van der Waals surface area contributed by atoms with Gasteiger partial charge < -0.3 is 0 Å². The van der Waals surface area contributed by atoms with E-state index in [1.807, 2.05) is 30.3 Å². The molecule has 0 fully saturated rings. The van der Waals surface area contributed by atoms with E-state index in [2.05, 4.69) is 60.5 Å². The summed E-state index contributed by atoms with van der Waals surface area (Å²) in [6, 6.07) is 18.3. The summed E-state index contributed by atoms with van der Waals surface area (Å²) in [7, 11) is 0. The SMILES string of the molecule is Cc1ccccc1C.S=C=NCc1ccccc1. The summed E-state index contributed by atoms with van der Waals surface area (Å²) in [4.78, 5) is 3.81. The van der Waals surface area contributed by atoms with E-state index in [1.165, 1.54) is 16.7 Å². The Morgan fingerprint density at radius 3 is 1.83 bits per heavy atom. The first-order valence-corrected chi connectivity index (χ1v) is 6.24. The maximum atomic E-state index is 4.43. The number of thiocarbonyl (C=S) groups is 1. The van der Waals surface area contributed by atoms with E-state index in [9.17, 15) is 0 Å². The molecule has 0 bridgehead atoms. The second-order valence-corrected chi connectivity index (χ2v) is 4.16. The third kappa shape index (κ3) is 5.53. The van der Waals surface area contributed by atoms with Crippen LogP contribution in [-0.2, 0) is 6.54 Å². The standard InChI is InChI=1S/C8H7NS.C8H10/c10-7-9-6-8-4-2-1-3-5-8;1-7-5-3-4-6-8(7)2/h1-5H,6H2;3-6H,1-2H3. The van der Waals surface area contributed by atoms with E-state index in [4.69, 9.17) is 0 Å². The molecule has 0 amide bonds. The summed E-state index contributed by atoms with van der Waals surface area (Å²) >= 11 is 4.43. The van der Waals surface area contributed by atoms with Crippen LogP contribution >= 0.6 is 12.2 Å². The molecule has 0 aliphatic carbocycles. The fraction of sp³-hybridized carbons (Fsp3) is 0.188. The fourth-order valence-corrected chi connectivity index (χ4v) is 1.43.